The van der Waals surface area contributed by atoms with Crippen LogP contribution >= 0.6 is 11.3 Å². The maximum Gasteiger partial charge on any atom is 0.273 e. The molecule has 3 aromatic rings. The van der Waals surface area contributed by atoms with Gasteiger partial charge in [-0.05, 0) is 51.5 Å². The summed E-state index contributed by atoms with van der Waals surface area (Å²) < 4.78 is 1.63. The first-order valence-electron chi connectivity index (χ1n) is 9.54. The largest absolute Gasteiger partial charge is 0.352 e. The van der Waals surface area contributed by atoms with Crippen molar-refractivity contribution in [1.29, 1.82) is 0 Å². The smallest absolute Gasteiger partial charge is 0.273 e. The van der Waals surface area contributed by atoms with Crippen LogP contribution in [-0.2, 0) is 13.0 Å². The lowest BCUT2D eigenvalue weighted by Crippen LogP contribution is -2.26. The number of carbonyl (C=O) groups is 2. The fraction of sp³-hybridized carbons (Fsp3) is 0.333. The highest BCUT2D eigenvalue weighted by atomic mass is 32.1. The van der Waals surface area contributed by atoms with Gasteiger partial charge in [-0.2, -0.15) is 5.10 Å². The number of aryl methyl sites for hydroxylation is 4. The van der Waals surface area contributed by atoms with Gasteiger partial charge in [0.05, 0.1) is 10.7 Å². The number of amides is 2. The monoisotopic (exact) mass is 411 g/mol. The van der Waals surface area contributed by atoms with Crippen molar-refractivity contribution in [3.8, 4) is 0 Å². The van der Waals surface area contributed by atoms with Crippen LogP contribution in [-0.4, -0.2) is 33.1 Å². The zero-order chi connectivity index (χ0) is 21.0. The zero-order valence-electron chi connectivity index (χ0n) is 17.1. The van der Waals surface area contributed by atoms with Gasteiger partial charge >= 0.3 is 0 Å². The number of aromatic nitrogens is 3. The van der Waals surface area contributed by atoms with Gasteiger partial charge in [-0.25, -0.2) is 4.98 Å². The van der Waals surface area contributed by atoms with Crippen LogP contribution in [0.25, 0.3) is 0 Å². The van der Waals surface area contributed by atoms with E-state index in [-0.39, 0.29) is 11.8 Å². The van der Waals surface area contributed by atoms with Crippen molar-refractivity contribution in [2.24, 2.45) is 0 Å². The fourth-order valence-electron chi connectivity index (χ4n) is 2.89. The third-order valence-electron chi connectivity index (χ3n) is 4.69. The Morgan fingerprint density at radius 3 is 2.62 bits per heavy atom. The molecule has 2 heterocycles. The molecule has 0 bridgehead atoms. The Kier molecular flexibility index (Phi) is 6.43. The highest BCUT2D eigenvalue weighted by Gasteiger charge is 2.14. The van der Waals surface area contributed by atoms with E-state index in [1.165, 1.54) is 4.88 Å². The highest BCUT2D eigenvalue weighted by molar-refractivity contribution is 7.11. The van der Waals surface area contributed by atoms with E-state index in [1.54, 1.807) is 40.4 Å². The Morgan fingerprint density at radius 1 is 1.14 bits per heavy atom. The van der Waals surface area contributed by atoms with E-state index >= 15 is 0 Å². The molecule has 7 nitrogen and oxygen atoms in total. The number of benzene rings is 1. The number of nitrogens with zero attached hydrogens (tertiary/aromatic N) is 3. The van der Waals surface area contributed by atoms with Gasteiger partial charge in [0.1, 0.15) is 5.69 Å². The predicted octanol–water partition coefficient (Wildman–Crippen LogP) is 3.51. The van der Waals surface area contributed by atoms with E-state index in [4.69, 9.17) is 0 Å². The molecular weight excluding hydrogens is 386 g/mol. The Labute approximate surface area is 174 Å². The second kappa shape index (κ2) is 9.00. The number of thiazole rings is 1. The van der Waals surface area contributed by atoms with Crippen molar-refractivity contribution in [1.82, 2.24) is 20.1 Å². The zero-order valence-corrected chi connectivity index (χ0v) is 17.9. The summed E-state index contributed by atoms with van der Waals surface area (Å²) in [7, 11) is 0. The van der Waals surface area contributed by atoms with Crippen molar-refractivity contribution in [2.75, 3.05) is 11.9 Å². The van der Waals surface area contributed by atoms with Crippen LogP contribution in [0, 0.1) is 20.8 Å². The Balaban J connectivity index is 1.64. The molecule has 152 valence electrons. The maximum absolute atomic E-state index is 12.6. The highest BCUT2D eigenvalue weighted by Crippen LogP contribution is 2.19. The first-order valence-corrected chi connectivity index (χ1v) is 10.4. The molecule has 1 aromatic carbocycles. The summed E-state index contributed by atoms with van der Waals surface area (Å²) in [5.74, 6) is -0.427. The Bertz CT molecular complexity index is 1020. The van der Waals surface area contributed by atoms with Gasteiger partial charge in [-0.15, -0.1) is 11.3 Å². The SMILES string of the molecule is CCn1nccc1C(=O)Nc1cc(C(=O)NCCc2nc(C)c(C)s2)ccc1C. The van der Waals surface area contributed by atoms with Gasteiger partial charge in [-0.1, -0.05) is 6.07 Å². The quantitative estimate of drug-likeness (QED) is 0.623. The van der Waals surface area contributed by atoms with Crippen LogP contribution in [0.2, 0.25) is 0 Å². The molecule has 2 amide bonds. The third-order valence-corrected chi connectivity index (χ3v) is 5.83. The first kappa shape index (κ1) is 20.7. The van der Waals surface area contributed by atoms with Gasteiger partial charge in [0, 0.05) is 41.8 Å². The summed E-state index contributed by atoms with van der Waals surface area (Å²) in [6.07, 6.45) is 2.29. The Morgan fingerprint density at radius 2 is 1.93 bits per heavy atom. The van der Waals surface area contributed by atoms with Crippen LogP contribution in [0.3, 0.4) is 0 Å². The molecule has 0 aliphatic heterocycles. The molecule has 0 atom stereocenters. The lowest BCUT2D eigenvalue weighted by atomic mass is 10.1. The molecule has 3 rings (SSSR count). The van der Waals surface area contributed by atoms with Crippen molar-refractivity contribution in [3.05, 3.63) is 62.9 Å². The number of hydrogen-bond acceptors (Lipinski definition) is 5. The van der Waals surface area contributed by atoms with Gasteiger partial charge < -0.3 is 10.6 Å². The van der Waals surface area contributed by atoms with E-state index in [0.29, 0.717) is 36.5 Å². The number of nitrogens with one attached hydrogen (secondary N) is 2. The van der Waals surface area contributed by atoms with Crippen molar-refractivity contribution >= 4 is 28.8 Å². The number of rotatable bonds is 7. The summed E-state index contributed by atoms with van der Waals surface area (Å²) in [6.45, 7) is 8.97. The average Bonchev–Trinajstić information content (AvgIpc) is 3.29. The number of hydrogen-bond donors (Lipinski definition) is 2. The minimum atomic E-state index is -0.250. The lowest BCUT2D eigenvalue weighted by molar-refractivity contribution is 0.0952. The van der Waals surface area contributed by atoms with Crippen LogP contribution in [0.1, 0.15) is 48.9 Å². The molecule has 0 aliphatic carbocycles. The second-order valence-corrected chi connectivity index (χ2v) is 8.06. The molecule has 2 aromatic heterocycles. The van der Waals surface area contributed by atoms with E-state index in [9.17, 15) is 9.59 Å². The van der Waals surface area contributed by atoms with E-state index in [2.05, 4.69) is 20.7 Å². The third kappa shape index (κ3) is 4.89. The molecule has 8 heteroatoms. The van der Waals surface area contributed by atoms with E-state index in [0.717, 1.165) is 16.3 Å². The van der Waals surface area contributed by atoms with Gasteiger partial charge in [0.15, 0.2) is 0 Å². The van der Waals surface area contributed by atoms with Crippen LogP contribution in [0.4, 0.5) is 5.69 Å². The number of carbonyl (C=O) groups excluding carboxylic acids is 2. The normalized spacial score (nSPS) is 10.8. The molecule has 2 N–H and O–H groups in total. The van der Waals surface area contributed by atoms with Crippen molar-refractivity contribution in [2.45, 2.75) is 40.7 Å². The first-order chi connectivity index (χ1) is 13.9. The second-order valence-electron chi connectivity index (χ2n) is 6.77. The summed E-state index contributed by atoms with van der Waals surface area (Å²) in [5, 5.41) is 10.9. The van der Waals surface area contributed by atoms with Crippen LogP contribution in [0.15, 0.2) is 30.5 Å². The maximum atomic E-state index is 12.6. The molecule has 0 saturated carbocycles. The Hall–Kier alpha value is -3.00. The van der Waals surface area contributed by atoms with Gasteiger partial charge in [0.25, 0.3) is 11.8 Å². The minimum Gasteiger partial charge on any atom is -0.352 e. The molecule has 0 unspecified atom stereocenters. The van der Waals surface area contributed by atoms with Crippen molar-refractivity contribution < 1.29 is 9.59 Å². The lowest BCUT2D eigenvalue weighted by Gasteiger charge is -2.11. The molecule has 0 saturated heterocycles. The summed E-state index contributed by atoms with van der Waals surface area (Å²) in [5.41, 5.74) is 3.51. The van der Waals surface area contributed by atoms with E-state index in [1.807, 2.05) is 33.8 Å². The topological polar surface area (TPSA) is 88.9 Å². The molecule has 29 heavy (non-hydrogen) atoms. The van der Waals surface area contributed by atoms with Crippen LogP contribution < -0.4 is 10.6 Å². The molecular formula is C21H25N5O2S. The molecule has 0 aliphatic rings. The number of anilines is 1. The van der Waals surface area contributed by atoms with Gasteiger partial charge in [-0.3, -0.25) is 14.3 Å². The van der Waals surface area contributed by atoms with E-state index < -0.39 is 0 Å². The summed E-state index contributed by atoms with van der Waals surface area (Å²) in [6, 6.07) is 6.96. The molecule has 0 fully saturated rings. The van der Waals surface area contributed by atoms with Gasteiger partial charge in [0.2, 0.25) is 0 Å². The van der Waals surface area contributed by atoms with Crippen LogP contribution in [0.5, 0.6) is 0 Å². The van der Waals surface area contributed by atoms with Crippen molar-refractivity contribution in [3.63, 3.8) is 0 Å². The summed E-state index contributed by atoms with van der Waals surface area (Å²) >= 11 is 1.66. The summed E-state index contributed by atoms with van der Waals surface area (Å²) in [4.78, 5) is 30.8. The minimum absolute atomic E-state index is 0.177. The fourth-order valence-corrected chi connectivity index (χ4v) is 3.83. The standard InChI is InChI=1S/C21H25N5O2S/c1-5-26-18(8-11-23-26)21(28)25-17-12-16(7-6-13(17)2)20(27)22-10-9-19-24-14(3)15(4)29-19/h6-8,11-12H,5,9-10H2,1-4H3,(H,22,27)(H,25,28). The predicted molar refractivity (Wildman–Crippen MR) is 115 cm³/mol. The molecule has 0 radical (unpaired) electrons. The average molecular weight is 412 g/mol. The molecule has 0 spiro atoms.